The summed E-state index contributed by atoms with van der Waals surface area (Å²) in [6.07, 6.45) is 0. The zero-order valence-electron chi connectivity index (χ0n) is 20.4. The monoisotopic (exact) mass is 546 g/mol. The van der Waals surface area contributed by atoms with Crippen LogP contribution in [0.5, 0.6) is 0 Å². The fourth-order valence-corrected chi connectivity index (χ4v) is 5.15. The molecule has 0 saturated heterocycles. The maximum Gasteiger partial charge on any atom is 0.251 e. The molecule has 0 spiro atoms. The lowest BCUT2D eigenvalue weighted by atomic mass is 10.2. The molecule has 0 aliphatic rings. The minimum atomic E-state index is -3.53. The second-order valence-electron chi connectivity index (χ2n) is 8.32. The Kier molecular flexibility index (Phi) is 7.90. The van der Waals surface area contributed by atoms with Gasteiger partial charge in [-0.25, -0.2) is 23.4 Å². The highest BCUT2D eigenvalue weighted by atomic mass is 32.2. The van der Waals surface area contributed by atoms with Crippen molar-refractivity contribution in [2.24, 2.45) is 0 Å². The number of benzene rings is 1. The third kappa shape index (κ3) is 6.08. The fourth-order valence-electron chi connectivity index (χ4n) is 3.32. The largest absolute Gasteiger partial charge is 0.343 e. The van der Waals surface area contributed by atoms with Crippen LogP contribution in [0.25, 0.3) is 22.8 Å². The lowest BCUT2D eigenvalue weighted by molar-refractivity contribution is -0.115. The van der Waals surface area contributed by atoms with E-state index in [1.807, 2.05) is 6.07 Å². The van der Waals surface area contributed by atoms with Crippen molar-refractivity contribution in [1.29, 1.82) is 5.26 Å². The van der Waals surface area contributed by atoms with Gasteiger partial charge in [-0.1, -0.05) is 18.2 Å². The minimum absolute atomic E-state index is 0.0474. The lowest BCUT2D eigenvalue weighted by Crippen LogP contribution is -2.33. The second-order valence-corrected chi connectivity index (χ2v) is 11.7. The van der Waals surface area contributed by atoms with Crippen molar-refractivity contribution in [2.45, 2.75) is 24.0 Å². The van der Waals surface area contributed by atoms with Crippen LogP contribution in [0.4, 0.5) is 5.13 Å². The maximum atomic E-state index is 12.5. The molecule has 0 radical (unpaired) electrons. The smallest absolute Gasteiger partial charge is 0.251 e. The van der Waals surface area contributed by atoms with E-state index in [1.54, 1.807) is 55.6 Å². The van der Waals surface area contributed by atoms with Crippen LogP contribution in [-0.2, 0) is 14.6 Å². The predicted octanol–water partition coefficient (Wildman–Crippen LogP) is 3.69. The number of sulfone groups is 1. The van der Waals surface area contributed by atoms with E-state index >= 15 is 0 Å². The Bertz CT molecular complexity index is 1660. The normalized spacial score (nSPS) is 11.1. The first-order chi connectivity index (χ1) is 18.2. The van der Waals surface area contributed by atoms with Crippen molar-refractivity contribution >= 4 is 38.1 Å². The van der Waals surface area contributed by atoms with Crippen LogP contribution in [0.3, 0.4) is 0 Å². The molecule has 2 N–H and O–H groups in total. The Balaban J connectivity index is 1.39. The van der Waals surface area contributed by atoms with Crippen LogP contribution >= 0.6 is 11.3 Å². The Labute approximate surface area is 223 Å². The van der Waals surface area contributed by atoms with Crippen molar-refractivity contribution in [3.8, 4) is 28.8 Å². The number of pyridine rings is 2. The maximum absolute atomic E-state index is 12.5. The molecule has 4 rings (SSSR count). The molecule has 3 heterocycles. The van der Waals surface area contributed by atoms with Crippen molar-refractivity contribution in [3.63, 3.8) is 0 Å². The Morgan fingerprint density at radius 3 is 2.32 bits per heavy atom. The highest BCUT2D eigenvalue weighted by Crippen LogP contribution is 2.25. The van der Waals surface area contributed by atoms with E-state index in [-0.39, 0.29) is 22.7 Å². The average Bonchev–Trinajstić information content (AvgIpc) is 3.40. The van der Waals surface area contributed by atoms with E-state index in [9.17, 15) is 18.0 Å². The molecule has 0 atom stereocenters. The summed E-state index contributed by atoms with van der Waals surface area (Å²) in [5.74, 6) is -1.07. The van der Waals surface area contributed by atoms with E-state index in [1.165, 1.54) is 35.6 Å². The van der Waals surface area contributed by atoms with Crippen LogP contribution in [0, 0.1) is 11.3 Å². The van der Waals surface area contributed by atoms with E-state index < -0.39 is 26.9 Å². The predicted molar refractivity (Wildman–Crippen MR) is 143 cm³/mol. The van der Waals surface area contributed by atoms with E-state index in [0.29, 0.717) is 27.9 Å². The number of carbonyl (C=O) groups is 2. The molecule has 0 aliphatic carbocycles. The standard InChI is InChI=1S/C26H22N6O4S2/c1-16(2)38(35,36)19-8-3-6-17(12-19)25(34)28-14-24(33)32-26-31-23(15-37-26)22-11-5-10-21(30-22)20-9-4-7-18(13-27)29-20/h3-12,15-16H,14H2,1-2H3,(H,28,34)(H,31,32,33). The van der Waals surface area contributed by atoms with Crippen LogP contribution in [0.1, 0.15) is 29.9 Å². The molecule has 192 valence electrons. The summed E-state index contributed by atoms with van der Waals surface area (Å²) in [5, 5.41) is 15.6. The summed E-state index contributed by atoms with van der Waals surface area (Å²) in [7, 11) is -3.53. The molecule has 10 nitrogen and oxygen atoms in total. The van der Waals surface area contributed by atoms with Gasteiger partial charge in [0.1, 0.15) is 17.5 Å². The van der Waals surface area contributed by atoms with Gasteiger partial charge in [0, 0.05) is 10.9 Å². The molecule has 2 amide bonds. The molecule has 4 aromatic rings. The number of anilines is 1. The number of nitrogens with one attached hydrogen (secondary N) is 2. The molecule has 12 heteroatoms. The summed E-state index contributed by atoms with van der Waals surface area (Å²) < 4.78 is 24.8. The van der Waals surface area contributed by atoms with E-state index in [4.69, 9.17) is 5.26 Å². The molecule has 0 saturated carbocycles. The second kappa shape index (κ2) is 11.3. The van der Waals surface area contributed by atoms with Gasteiger partial charge in [-0.05, 0) is 56.3 Å². The van der Waals surface area contributed by atoms with Gasteiger partial charge >= 0.3 is 0 Å². The Morgan fingerprint density at radius 2 is 1.61 bits per heavy atom. The van der Waals surface area contributed by atoms with Crippen LogP contribution < -0.4 is 10.6 Å². The molecule has 0 unspecified atom stereocenters. The van der Waals surface area contributed by atoms with Gasteiger partial charge in [0.05, 0.1) is 33.8 Å². The van der Waals surface area contributed by atoms with E-state index in [2.05, 4.69) is 25.6 Å². The first-order valence-corrected chi connectivity index (χ1v) is 13.8. The molecule has 0 bridgehead atoms. The molecule has 0 aliphatic heterocycles. The highest BCUT2D eigenvalue weighted by Gasteiger charge is 2.20. The molecule has 38 heavy (non-hydrogen) atoms. The Hall–Kier alpha value is -4.47. The fraction of sp³-hybridized carbons (Fsp3) is 0.154. The SMILES string of the molecule is CC(C)S(=O)(=O)c1cccc(C(=O)NCC(=O)Nc2nc(-c3cccc(-c4cccc(C#N)n4)n3)cs2)c1. The van der Waals surface area contributed by atoms with Crippen molar-refractivity contribution in [3.05, 3.63) is 77.3 Å². The summed E-state index contributed by atoms with van der Waals surface area (Å²) >= 11 is 1.20. The van der Waals surface area contributed by atoms with Gasteiger partial charge in [-0.3, -0.25) is 9.59 Å². The van der Waals surface area contributed by atoms with E-state index in [0.717, 1.165) is 0 Å². The van der Waals surface area contributed by atoms with Gasteiger partial charge in [0.2, 0.25) is 5.91 Å². The molecular formula is C26H22N6O4S2. The van der Waals surface area contributed by atoms with Gasteiger partial charge in [-0.2, -0.15) is 5.26 Å². The number of carbonyl (C=O) groups excluding carboxylic acids is 2. The molecule has 1 aromatic carbocycles. The lowest BCUT2D eigenvalue weighted by Gasteiger charge is -2.10. The average molecular weight is 547 g/mol. The number of nitriles is 1. The minimum Gasteiger partial charge on any atom is -0.343 e. The zero-order chi connectivity index (χ0) is 27.3. The first-order valence-electron chi connectivity index (χ1n) is 11.4. The van der Waals surface area contributed by atoms with Crippen LogP contribution in [0.15, 0.2) is 70.9 Å². The summed E-state index contributed by atoms with van der Waals surface area (Å²) in [5.41, 5.74) is 2.65. The highest BCUT2D eigenvalue weighted by molar-refractivity contribution is 7.92. The van der Waals surface area contributed by atoms with Gasteiger partial charge in [0.25, 0.3) is 5.91 Å². The number of thiazole rings is 1. The van der Waals surface area contributed by atoms with Crippen molar-refractivity contribution in [1.82, 2.24) is 20.3 Å². The topological polar surface area (TPSA) is 155 Å². The van der Waals surface area contributed by atoms with Crippen LogP contribution in [0.2, 0.25) is 0 Å². The van der Waals surface area contributed by atoms with Gasteiger partial charge in [0.15, 0.2) is 15.0 Å². The third-order valence-electron chi connectivity index (χ3n) is 5.34. The van der Waals surface area contributed by atoms with Crippen molar-refractivity contribution < 1.29 is 18.0 Å². The Morgan fingerprint density at radius 1 is 0.947 bits per heavy atom. The van der Waals surface area contributed by atoms with Crippen LogP contribution in [-0.4, -0.2) is 47.0 Å². The van der Waals surface area contributed by atoms with Gasteiger partial charge in [-0.15, -0.1) is 11.3 Å². The number of hydrogen-bond donors (Lipinski definition) is 2. The number of hydrogen-bond acceptors (Lipinski definition) is 9. The summed E-state index contributed by atoms with van der Waals surface area (Å²) in [6, 6.07) is 18.1. The van der Waals surface area contributed by atoms with Gasteiger partial charge < -0.3 is 10.6 Å². The number of aromatic nitrogens is 3. The summed E-state index contributed by atoms with van der Waals surface area (Å²) in [6.45, 7) is 2.80. The number of rotatable bonds is 8. The summed E-state index contributed by atoms with van der Waals surface area (Å²) in [4.78, 5) is 38.2. The quantitative estimate of drug-likeness (QED) is 0.339. The number of amides is 2. The molecular weight excluding hydrogens is 524 g/mol. The van der Waals surface area contributed by atoms with Crippen molar-refractivity contribution in [2.75, 3.05) is 11.9 Å². The third-order valence-corrected chi connectivity index (χ3v) is 8.25. The molecule has 3 aromatic heterocycles. The zero-order valence-corrected chi connectivity index (χ0v) is 22.0. The number of nitrogens with zero attached hydrogens (tertiary/aromatic N) is 4. The first kappa shape index (κ1) is 26.6. The molecule has 0 fully saturated rings.